The molecular formula is C15H24ClN3. The molecule has 0 saturated carbocycles. The minimum absolute atomic E-state index is 0.601. The Hall–Kier alpha value is -0.830. The third kappa shape index (κ3) is 3.38. The van der Waals surface area contributed by atoms with Crippen LogP contribution in [-0.4, -0.2) is 22.6 Å². The molecule has 19 heavy (non-hydrogen) atoms. The fourth-order valence-corrected chi connectivity index (χ4v) is 3.20. The lowest BCUT2D eigenvalue weighted by atomic mass is 10.1. The predicted octanol–water partition coefficient (Wildman–Crippen LogP) is 4.24. The maximum Gasteiger partial charge on any atom is 0.137 e. The topological polar surface area (TPSA) is 29.0 Å². The SMILES string of the molecule is CCCc1c(Cl)ncnc1N1CCCCCC1CC. The molecule has 3 nitrogen and oxygen atoms in total. The molecule has 0 aromatic carbocycles. The molecule has 1 unspecified atom stereocenters. The number of hydrogen-bond acceptors (Lipinski definition) is 3. The van der Waals surface area contributed by atoms with Crippen LogP contribution in [0.5, 0.6) is 0 Å². The van der Waals surface area contributed by atoms with E-state index in [-0.39, 0.29) is 0 Å². The molecule has 1 aliphatic heterocycles. The molecule has 1 aromatic rings. The second kappa shape index (κ2) is 7.09. The molecule has 106 valence electrons. The number of hydrogen-bond donors (Lipinski definition) is 0. The van der Waals surface area contributed by atoms with Crippen molar-refractivity contribution in [2.24, 2.45) is 0 Å². The van der Waals surface area contributed by atoms with E-state index in [9.17, 15) is 0 Å². The number of aromatic nitrogens is 2. The van der Waals surface area contributed by atoms with Crippen LogP contribution in [0.2, 0.25) is 5.15 Å². The second-order valence-electron chi connectivity index (χ2n) is 5.32. The third-order valence-electron chi connectivity index (χ3n) is 3.99. The van der Waals surface area contributed by atoms with Crippen molar-refractivity contribution < 1.29 is 0 Å². The highest BCUT2D eigenvalue weighted by Gasteiger charge is 2.24. The summed E-state index contributed by atoms with van der Waals surface area (Å²) >= 11 is 6.28. The molecule has 0 radical (unpaired) electrons. The first-order valence-electron chi connectivity index (χ1n) is 7.53. The number of nitrogens with zero attached hydrogens (tertiary/aromatic N) is 3. The Morgan fingerprint density at radius 1 is 1.26 bits per heavy atom. The zero-order valence-corrected chi connectivity index (χ0v) is 12.8. The molecule has 1 aliphatic rings. The smallest absolute Gasteiger partial charge is 0.137 e. The van der Waals surface area contributed by atoms with Crippen LogP contribution >= 0.6 is 11.6 Å². The Balaban J connectivity index is 2.34. The highest BCUT2D eigenvalue weighted by molar-refractivity contribution is 6.30. The van der Waals surface area contributed by atoms with Gasteiger partial charge in [0.2, 0.25) is 0 Å². The van der Waals surface area contributed by atoms with Crippen LogP contribution in [0.1, 0.15) is 57.9 Å². The summed E-state index contributed by atoms with van der Waals surface area (Å²) in [5.74, 6) is 1.08. The molecule has 4 heteroatoms. The number of rotatable bonds is 4. The van der Waals surface area contributed by atoms with Crippen molar-refractivity contribution in [3.05, 3.63) is 17.0 Å². The molecule has 0 amide bonds. The quantitative estimate of drug-likeness (QED) is 0.773. The minimum atomic E-state index is 0.601. The van der Waals surface area contributed by atoms with Gasteiger partial charge in [0.15, 0.2) is 0 Å². The van der Waals surface area contributed by atoms with Gasteiger partial charge in [-0.15, -0.1) is 0 Å². The van der Waals surface area contributed by atoms with Gasteiger partial charge in [-0.2, -0.15) is 0 Å². The maximum absolute atomic E-state index is 6.28. The van der Waals surface area contributed by atoms with Gasteiger partial charge in [-0.25, -0.2) is 9.97 Å². The van der Waals surface area contributed by atoms with Gasteiger partial charge in [0.05, 0.1) is 0 Å². The molecule has 0 bridgehead atoms. The summed E-state index contributed by atoms with van der Waals surface area (Å²) in [6.45, 7) is 5.54. The fraction of sp³-hybridized carbons (Fsp3) is 0.733. The summed E-state index contributed by atoms with van der Waals surface area (Å²) in [5, 5.41) is 0.631. The van der Waals surface area contributed by atoms with Crippen LogP contribution < -0.4 is 4.90 Å². The molecule has 1 atom stereocenters. The zero-order chi connectivity index (χ0) is 13.7. The second-order valence-corrected chi connectivity index (χ2v) is 5.68. The van der Waals surface area contributed by atoms with Gasteiger partial charge in [0.1, 0.15) is 17.3 Å². The maximum atomic E-state index is 6.28. The van der Waals surface area contributed by atoms with Crippen molar-refractivity contribution >= 4 is 17.4 Å². The van der Waals surface area contributed by atoms with Crippen LogP contribution in [0.3, 0.4) is 0 Å². The molecule has 1 fully saturated rings. The van der Waals surface area contributed by atoms with E-state index in [1.54, 1.807) is 6.33 Å². The van der Waals surface area contributed by atoms with Gasteiger partial charge in [0, 0.05) is 18.2 Å². The first kappa shape index (κ1) is 14.6. The Kier molecular flexibility index (Phi) is 5.44. The van der Waals surface area contributed by atoms with Crippen LogP contribution in [0.15, 0.2) is 6.33 Å². The first-order valence-corrected chi connectivity index (χ1v) is 7.91. The van der Waals surface area contributed by atoms with Gasteiger partial charge in [-0.3, -0.25) is 0 Å². The van der Waals surface area contributed by atoms with Crippen molar-refractivity contribution in [3.63, 3.8) is 0 Å². The lowest BCUT2D eigenvalue weighted by molar-refractivity contribution is 0.550. The predicted molar refractivity (Wildman–Crippen MR) is 80.9 cm³/mol. The van der Waals surface area contributed by atoms with E-state index in [1.165, 1.54) is 32.1 Å². The first-order chi connectivity index (χ1) is 9.27. The molecule has 1 aromatic heterocycles. The fourth-order valence-electron chi connectivity index (χ4n) is 2.98. The Morgan fingerprint density at radius 3 is 2.84 bits per heavy atom. The number of halogens is 1. The Bertz CT molecular complexity index is 408. The van der Waals surface area contributed by atoms with Gasteiger partial charge in [0.25, 0.3) is 0 Å². The molecule has 2 heterocycles. The van der Waals surface area contributed by atoms with Crippen molar-refractivity contribution in [1.82, 2.24) is 9.97 Å². The summed E-state index contributed by atoms with van der Waals surface area (Å²) in [6, 6.07) is 0.601. The van der Waals surface area contributed by atoms with E-state index in [4.69, 9.17) is 11.6 Å². The normalized spacial score (nSPS) is 20.4. The Labute approximate surface area is 121 Å². The standard InChI is InChI=1S/C15H24ClN3/c1-3-8-13-14(16)17-11-18-15(13)19-10-7-5-6-9-12(19)4-2/h11-12H,3-10H2,1-2H3. The molecule has 0 spiro atoms. The molecule has 1 saturated heterocycles. The Morgan fingerprint density at radius 2 is 2.11 bits per heavy atom. The summed E-state index contributed by atoms with van der Waals surface area (Å²) in [6.07, 6.45) is 9.99. The van der Waals surface area contributed by atoms with Crippen molar-refractivity contribution in [1.29, 1.82) is 0 Å². The van der Waals surface area contributed by atoms with E-state index in [0.717, 1.165) is 30.8 Å². The van der Waals surface area contributed by atoms with Gasteiger partial charge in [-0.05, 0) is 25.7 Å². The van der Waals surface area contributed by atoms with Crippen molar-refractivity contribution in [3.8, 4) is 0 Å². The van der Waals surface area contributed by atoms with Gasteiger partial charge >= 0.3 is 0 Å². The third-order valence-corrected chi connectivity index (χ3v) is 4.32. The molecule has 0 aliphatic carbocycles. The lowest BCUT2D eigenvalue weighted by Crippen LogP contribution is -2.36. The van der Waals surface area contributed by atoms with Crippen LogP contribution in [0.4, 0.5) is 5.82 Å². The lowest BCUT2D eigenvalue weighted by Gasteiger charge is -2.32. The van der Waals surface area contributed by atoms with E-state index < -0.39 is 0 Å². The van der Waals surface area contributed by atoms with Crippen molar-refractivity contribution in [2.75, 3.05) is 11.4 Å². The summed E-state index contributed by atoms with van der Waals surface area (Å²) < 4.78 is 0. The molecule has 0 N–H and O–H groups in total. The highest BCUT2D eigenvalue weighted by Crippen LogP contribution is 2.30. The van der Waals surface area contributed by atoms with Gasteiger partial charge < -0.3 is 4.90 Å². The average molecular weight is 282 g/mol. The van der Waals surface area contributed by atoms with E-state index >= 15 is 0 Å². The molecule has 2 rings (SSSR count). The van der Waals surface area contributed by atoms with Crippen LogP contribution in [0.25, 0.3) is 0 Å². The minimum Gasteiger partial charge on any atom is -0.353 e. The highest BCUT2D eigenvalue weighted by atomic mass is 35.5. The molecular weight excluding hydrogens is 258 g/mol. The van der Waals surface area contributed by atoms with Crippen molar-refractivity contribution in [2.45, 2.75) is 64.8 Å². The largest absolute Gasteiger partial charge is 0.353 e. The zero-order valence-electron chi connectivity index (χ0n) is 12.0. The van der Waals surface area contributed by atoms with Crippen LogP contribution in [0, 0.1) is 0 Å². The van der Waals surface area contributed by atoms with E-state index in [2.05, 4.69) is 28.7 Å². The summed E-state index contributed by atoms with van der Waals surface area (Å²) in [7, 11) is 0. The van der Waals surface area contributed by atoms with E-state index in [0.29, 0.717) is 11.2 Å². The van der Waals surface area contributed by atoms with E-state index in [1.807, 2.05) is 0 Å². The monoisotopic (exact) mass is 281 g/mol. The average Bonchev–Trinajstić information content (AvgIpc) is 2.66. The summed E-state index contributed by atoms with van der Waals surface area (Å²) in [5.41, 5.74) is 1.13. The summed E-state index contributed by atoms with van der Waals surface area (Å²) in [4.78, 5) is 11.2. The number of anilines is 1. The van der Waals surface area contributed by atoms with Gasteiger partial charge in [-0.1, -0.05) is 44.7 Å². The van der Waals surface area contributed by atoms with Crippen LogP contribution in [-0.2, 0) is 6.42 Å².